The first-order valence-electron chi connectivity index (χ1n) is 6.81. The minimum absolute atomic E-state index is 0.0517. The standard InChI is InChI=1S/C15H23N3S/c1-5-13(14-7-6-8-19-14)16-9-12-10-17-18(11-12)15(2,3)4/h6-8,10-11,13,16H,5,9H2,1-4H3. The fourth-order valence-corrected chi connectivity index (χ4v) is 2.88. The molecular formula is C15H23N3S. The van der Waals surface area contributed by atoms with Gasteiger partial charge in [-0.25, -0.2) is 0 Å². The van der Waals surface area contributed by atoms with E-state index in [-0.39, 0.29) is 5.54 Å². The van der Waals surface area contributed by atoms with Gasteiger partial charge in [-0.1, -0.05) is 13.0 Å². The van der Waals surface area contributed by atoms with Gasteiger partial charge in [-0.15, -0.1) is 11.3 Å². The molecule has 1 unspecified atom stereocenters. The lowest BCUT2D eigenvalue weighted by atomic mass is 10.1. The Morgan fingerprint density at radius 3 is 2.74 bits per heavy atom. The molecule has 0 saturated carbocycles. The molecule has 2 rings (SSSR count). The van der Waals surface area contributed by atoms with Crippen molar-refractivity contribution in [2.45, 2.75) is 52.2 Å². The third-order valence-corrected chi connectivity index (χ3v) is 4.16. The summed E-state index contributed by atoms with van der Waals surface area (Å²) >= 11 is 1.82. The number of rotatable bonds is 5. The average molecular weight is 277 g/mol. The molecule has 0 aliphatic heterocycles. The Balaban J connectivity index is 1.96. The summed E-state index contributed by atoms with van der Waals surface area (Å²) in [5, 5.41) is 10.2. The number of thiophene rings is 1. The fraction of sp³-hybridized carbons (Fsp3) is 0.533. The quantitative estimate of drug-likeness (QED) is 0.897. The second-order valence-corrected chi connectivity index (χ2v) is 6.80. The molecule has 0 radical (unpaired) electrons. The van der Waals surface area contributed by atoms with E-state index >= 15 is 0 Å². The lowest BCUT2D eigenvalue weighted by Gasteiger charge is -2.19. The topological polar surface area (TPSA) is 29.9 Å². The molecule has 0 saturated heterocycles. The summed E-state index contributed by atoms with van der Waals surface area (Å²) in [5.74, 6) is 0. The van der Waals surface area contributed by atoms with Gasteiger partial charge in [0.25, 0.3) is 0 Å². The van der Waals surface area contributed by atoms with Crippen molar-refractivity contribution in [2.24, 2.45) is 0 Å². The van der Waals surface area contributed by atoms with E-state index in [0.717, 1.165) is 13.0 Å². The van der Waals surface area contributed by atoms with Crippen molar-refractivity contribution in [1.82, 2.24) is 15.1 Å². The van der Waals surface area contributed by atoms with Crippen LogP contribution in [0, 0.1) is 0 Å². The number of nitrogens with one attached hydrogen (secondary N) is 1. The van der Waals surface area contributed by atoms with Crippen molar-refractivity contribution in [3.05, 3.63) is 40.3 Å². The summed E-state index contributed by atoms with van der Waals surface area (Å²) in [7, 11) is 0. The molecule has 2 aromatic rings. The van der Waals surface area contributed by atoms with Crippen LogP contribution in [-0.4, -0.2) is 9.78 Å². The molecule has 1 N–H and O–H groups in total. The predicted octanol–water partition coefficient (Wildman–Crippen LogP) is 3.94. The second kappa shape index (κ2) is 5.88. The third-order valence-electron chi connectivity index (χ3n) is 3.17. The number of hydrogen-bond acceptors (Lipinski definition) is 3. The van der Waals surface area contributed by atoms with Crippen molar-refractivity contribution < 1.29 is 0 Å². The predicted molar refractivity (Wildman–Crippen MR) is 81.4 cm³/mol. The zero-order chi connectivity index (χ0) is 13.9. The highest BCUT2D eigenvalue weighted by Gasteiger charge is 2.15. The highest BCUT2D eigenvalue weighted by molar-refractivity contribution is 7.10. The van der Waals surface area contributed by atoms with Crippen molar-refractivity contribution in [2.75, 3.05) is 0 Å². The smallest absolute Gasteiger partial charge is 0.0543 e. The summed E-state index contributed by atoms with van der Waals surface area (Å²) in [6, 6.07) is 4.75. The molecule has 2 aromatic heterocycles. The fourth-order valence-electron chi connectivity index (χ4n) is 1.99. The molecule has 0 amide bonds. The molecule has 104 valence electrons. The van der Waals surface area contributed by atoms with E-state index in [1.54, 1.807) is 0 Å². The van der Waals surface area contributed by atoms with Gasteiger partial charge >= 0.3 is 0 Å². The normalized spacial score (nSPS) is 13.7. The first-order valence-corrected chi connectivity index (χ1v) is 7.69. The summed E-state index contributed by atoms with van der Waals surface area (Å²) in [6.07, 6.45) is 5.20. The van der Waals surface area contributed by atoms with Gasteiger partial charge in [0, 0.05) is 29.2 Å². The van der Waals surface area contributed by atoms with Crippen LogP contribution in [0.3, 0.4) is 0 Å². The van der Waals surface area contributed by atoms with E-state index in [9.17, 15) is 0 Å². The third kappa shape index (κ3) is 3.67. The minimum atomic E-state index is 0.0517. The van der Waals surface area contributed by atoms with Gasteiger partial charge in [0.15, 0.2) is 0 Å². The molecule has 4 heteroatoms. The Labute approximate surface area is 119 Å². The summed E-state index contributed by atoms with van der Waals surface area (Å²) < 4.78 is 2.02. The highest BCUT2D eigenvalue weighted by Crippen LogP contribution is 2.22. The van der Waals surface area contributed by atoms with Crippen molar-refractivity contribution >= 4 is 11.3 Å². The maximum Gasteiger partial charge on any atom is 0.0543 e. The molecule has 0 aromatic carbocycles. The Kier molecular flexibility index (Phi) is 4.42. The summed E-state index contributed by atoms with van der Waals surface area (Å²) in [6.45, 7) is 9.58. The molecule has 0 spiro atoms. The molecule has 0 aliphatic rings. The Bertz CT molecular complexity index is 494. The van der Waals surface area contributed by atoms with E-state index in [2.05, 4.69) is 61.8 Å². The first-order chi connectivity index (χ1) is 9.00. The number of aromatic nitrogens is 2. The van der Waals surface area contributed by atoms with Crippen LogP contribution in [0.15, 0.2) is 29.9 Å². The molecule has 2 heterocycles. The van der Waals surface area contributed by atoms with Crippen LogP contribution in [0.5, 0.6) is 0 Å². The van der Waals surface area contributed by atoms with Crippen molar-refractivity contribution in [1.29, 1.82) is 0 Å². The Hall–Kier alpha value is -1.13. The lowest BCUT2D eigenvalue weighted by molar-refractivity contribution is 0.355. The van der Waals surface area contributed by atoms with Gasteiger partial charge in [0.05, 0.1) is 11.7 Å². The summed E-state index contributed by atoms with van der Waals surface area (Å²) in [4.78, 5) is 1.41. The first kappa shape index (κ1) is 14.3. The van der Waals surface area contributed by atoms with Crippen LogP contribution >= 0.6 is 11.3 Å². The minimum Gasteiger partial charge on any atom is -0.305 e. The molecule has 3 nitrogen and oxygen atoms in total. The maximum absolute atomic E-state index is 4.43. The molecule has 0 fully saturated rings. The van der Waals surface area contributed by atoms with Crippen LogP contribution in [-0.2, 0) is 12.1 Å². The van der Waals surface area contributed by atoms with E-state index in [1.807, 2.05) is 22.2 Å². The number of nitrogens with zero attached hydrogens (tertiary/aromatic N) is 2. The lowest BCUT2D eigenvalue weighted by Crippen LogP contribution is -2.22. The Morgan fingerprint density at radius 2 is 2.21 bits per heavy atom. The zero-order valence-corrected chi connectivity index (χ0v) is 13.0. The van der Waals surface area contributed by atoms with Gasteiger partial charge in [-0.3, -0.25) is 4.68 Å². The van der Waals surface area contributed by atoms with E-state index < -0.39 is 0 Å². The SMILES string of the molecule is CCC(NCc1cnn(C(C)(C)C)c1)c1cccs1. The zero-order valence-electron chi connectivity index (χ0n) is 12.2. The van der Waals surface area contributed by atoms with Crippen LogP contribution in [0.2, 0.25) is 0 Å². The molecule has 1 atom stereocenters. The van der Waals surface area contributed by atoms with Crippen molar-refractivity contribution in [3.63, 3.8) is 0 Å². The highest BCUT2D eigenvalue weighted by atomic mass is 32.1. The monoisotopic (exact) mass is 277 g/mol. The van der Waals surface area contributed by atoms with Crippen LogP contribution in [0.1, 0.15) is 50.6 Å². The maximum atomic E-state index is 4.43. The van der Waals surface area contributed by atoms with Gasteiger partial charge in [0.2, 0.25) is 0 Å². The van der Waals surface area contributed by atoms with Gasteiger partial charge in [-0.2, -0.15) is 5.10 Å². The van der Waals surface area contributed by atoms with Crippen LogP contribution in [0.4, 0.5) is 0 Å². The average Bonchev–Trinajstić information content (AvgIpc) is 2.99. The number of hydrogen-bond donors (Lipinski definition) is 1. The Morgan fingerprint density at radius 1 is 1.42 bits per heavy atom. The van der Waals surface area contributed by atoms with Crippen LogP contribution in [0.25, 0.3) is 0 Å². The van der Waals surface area contributed by atoms with E-state index in [0.29, 0.717) is 6.04 Å². The van der Waals surface area contributed by atoms with Crippen molar-refractivity contribution in [3.8, 4) is 0 Å². The molecule has 19 heavy (non-hydrogen) atoms. The molecule has 0 aliphatic carbocycles. The van der Waals surface area contributed by atoms with Crippen LogP contribution < -0.4 is 5.32 Å². The largest absolute Gasteiger partial charge is 0.305 e. The van der Waals surface area contributed by atoms with Gasteiger partial charge in [0.1, 0.15) is 0 Å². The summed E-state index contributed by atoms with van der Waals surface area (Å²) in [5.41, 5.74) is 1.29. The van der Waals surface area contributed by atoms with Gasteiger partial charge in [-0.05, 0) is 38.6 Å². The van der Waals surface area contributed by atoms with E-state index in [1.165, 1.54) is 10.4 Å². The second-order valence-electron chi connectivity index (χ2n) is 5.82. The van der Waals surface area contributed by atoms with E-state index in [4.69, 9.17) is 0 Å². The molecular weight excluding hydrogens is 254 g/mol. The van der Waals surface area contributed by atoms with Gasteiger partial charge < -0.3 is 5.32 Å². The molecule has 0 bridgehead atoms.